The fourth-order valence-corrected chi connectivity index (χ4v) is 10.2. The Morgan fingerprint density at radius 2 is 1.81 bits per heavy atom. The number of rotatable bonds is 0. The first-order chi connectivity index (χ1) is 9.66. The maximum atomic E-state index is 2.78. The van der Waals surface area contributed by atoms with Gasteiger partial charge >= 0.3 is 0 Å². The van der Waals surface area contributed by atoms with E-state index in [0.29, 0.717) is 10.8 Å². The fourth-order valence-electron chi connectivity index (χ4n) is 5.35. The minimum absolute atomic E-state index is 0.353. The van der Waals surface area contributed by atoms with E-state index in [0.717, 1.165) is 0 Å². The van der Waals surface area contributed by atoms with Gasteiger partial charge in [0.25, 0.3) is 0 Å². The molecule has 1 aromatic rings. The molecule has 0 saturated carbocycles. The van der Waals surface area contributed by atoms with Crippen LogP contribution in [0.2, 0.25) is 12.6 Å². The van der Waals surface area contributed by atoms with E-state index in [1.807, 2.05) is 5.19 Å². The molecular weight excluding hydrogens is 270 g/mol. The minimum atomic E-state index is -1.26. The lowest BCUT2D eigenvalue weighted by atomic mass is 9.72. The third-order valence-electron chi connectivity index (χ3n) is 6.67. The first-order valence-electron chi connectivity index (χ1n) is 8.60. The largest absolute Gasteiger partial charge is 0.374 e. The van der Waals surface area contributed by atoms with Crippen LogP contribution in [0.15, 0.2) is 6.07 Å². The molecule has 4 rings (SSSR count). The van der Waals surface area contributed by atoms with Crippen LogP contribution in [-0.2, 0) is 10.8 Å². The van der Waals surface area contributed by atoms with Crippen molar-refractivity contribution in [2.75, 3.05) is 17.6 Å². The van der Waals surface area contributed by atoms with Gasteiger partial charge in [-0.3, -0.25) is 0 Å². The predicted octanol–water partition coefficient (Wildman–Crippen LogP) is 4.00. The van der Waals surface area contributed by atoms with Crippen molar-refractivity contribution in [3.05, 3.63) is 22.8 Å². The summed E-state index contributed by atoms with van der Waals surface area (Å²) in [6, 6.07) is 4.06. The van der Waals surface area contributed by atoms with Gasteiger partial charge in [0.15, 0.2) is 0 Å². The predicted molar refractivity (Wildman–Crippen MR) is 94.7 cm³/mol. The number of benzene rings is 1. The van der Waals surface area contributed by atoms with Gasteiger partial charge < -0.3 is 4.90 Å². The summed E-state index contributed by atoms with van der Waals surface area (Å²) in [5.74, 6) is 0. The molecule has 0 aliphatic carbocycles. The molecule has 0 spiro atoms. The van der Waals surface area contributed by atoms with Crippen LogP contribution in [0.5, 0.6) is 0 Å². The van der Waals surface area contributed by atoms with Crippen molar-refractivity contribution >= 4 is 18.9 Å². The Morgan fingerprint density at radius 1 is 1.10 bits per heavy atom. The van der Waals surface area contributed by atoms with Gasteiger partial charge in [-0.2, -0.15) is 0 Å². The molecule has 3 aliphatic rings. The van der Waals surface area contributed by atoms with Crippen LogP contribution in [-0.4, -0.2) is 20.8 Å². The summed E-state index contributed by atoms with van der Waals surface area (Å²) in [4.78, 5) is 2.78. The molecule has 21 heavy (non-hydrogen) atoms. The Balaban J connectivity index is 2.11. The van der Waals surface area contributed by atoms with Crippen molar-refractivity contribution in [3.8, 4) is 0 Å². The van der Waals surface area contributed by atoms with Crippen LogP contribution in [0.1, 0.15) is 57.2 Å². The molecule has 1 unspecified atom stereocenters. The van der Waals surface area contributed by atoms with Gasteiger partial charge in [0.1, 0.15) is 8.07 Å². The molecular formula is C19H29NSi. The number of nitrogens with zero attached hydrogens (tertiary/aromatic N) is 1. The van der Waals surface area contributed by atoms with Crippen molar-refractivity contribution in [2.24, 2.45) is 0 Å². The van der Waals surface area contributed by atoms with Crippen LogP contribution >= 0.6 is 0 Å². The SMILES string of the molecule is Cc1cc2c3c4c1C(C)(C)CCN4C[Si]3(C)CCC2(C)C. The minimum Gasteiger partial charge on any atom is -0.374 e. The Hall–Kier alpha value is -0.763. The molecule has 0 saturated heterocycles. The first kappa shape index (κ1) is 13.9. The van der Waals surface area contributed by atoms with Gasteiger partial charge in [-0.1, -0.05) is 46.4 Å². The Labute approximate surface area is 130 Å². The quantitative estimate of drug-likeness (QED) is 0.654. The number of hydrogen-bond acceptors (Lipinski definition) is 1. The van der Waals surface area contributed by atoms with E-state index in [4.69, 9.17) is 0 Å². The normalized spacial score (nSPS) is 31.2. The highest BCUT2D eigenvalue weighted by atomic mass is 28.3. The molecule has 1 atom stereocenters. The Bertz CT molecular complexity index is 643. The van der Waals surface area contributed by atoms with Crippen LogP contribution in [0.4, 0.5) is 5.69 Å². The smallest absolute Gasteiger partial charge is 0.107 e. The first-order valence-corrected chi connectivity index (χ1v) is 11.5. The van der Waals surface area contributed by atoms with E-state index in [9.17, 15) is 0 Å². The summed E-state index contributed by atoms with van der Waals surface area (Å²) in [7, 11) is -1.26. The van der Waals surface area contributed by atoms with Crippen molar-refractivity contribution < 1.29 is 0 Å². The zero-order valence-corrected chi connectivity index (χ0v) is 15.6. The molecule has 1 nitrogen and oxygen atoms in total. The standard InChI is InChI=1S/C19H29NSi/c1-13-11-14-17-16-15(13)19(4,5)7-9-20(16)12-21(17,6)10-8-18(14,2)3/h11H,7-10,12H2,1-6H3. The molecule has 0 amide bonds. The maximum Gasteiger partial charge on any atom is 0.107 e. The molecule has 3 heterocycles. The van der Waals surface area contributed by atoms with Crippen LogP contribution in [0, 0.1) is 6.92 Å². The molecule has 114 valence electrons. The average Bonchev–Trinajstić information content (AvgIpc) is 2.67. The zero-order chi connectivity index (χ0) is 15.2. The fraction of sp³-hybridized carbons (Fsp3) is 0.684. The summed E-state index contributed by atoms with van der Waals surface area (Å²) in [6.07, 6.45) is 4.09. The monoisotopic (exact) mass is 299 g/mol. The zero-order valence-electron chi connectivity index (χ0n) is 14.6. The Kier molecular flexibility index (Phi) is 2.48. The Morgan fingerprint density at radius 3 is 2.52 bits per heavy atom. The van der Waals surface area contributed by atoms with E-state index >= 15 is 0 Å². The lowest BCUT2D eigenvalue weighted by Crippen LogP contribution is -2.53. The second-order valence-corrected chi connectivity index (χ2v) is 13.8. The molecule has 0 radical (unpaired) electrons. The van der Waals surface area contributed by atoms with Crippen molar-refractivity contribution in [1.29, 1.82) is 0 Å². The topological polar surface area (TPSA) is 3.24 Å². The number of anilines is 1. The van der Waals surface area contributed by atoms with Gasteiger partial charge in [-0.25, -0.2) is 0 Å². The van der Waals surface area contributed by atoms with Crippen molar-refractivity contribution in [2.45, 2.75) is 70.9 Å². The van der Waals surface area contributed by atoms with Gasteiger partial charge in [0.2, 0.25) is 0 Å². The number of aryl methyl sites for hydroxylation is 1. The van der Waals surface area contributed by atoms with Gasteiger partial charge in [0, 0.05) is 18.4 Å². The summed E-state index contributed by atoms with van der Waals surface area (Å²) in [5.41, 5.74) is 7.36. The van der Waals surface area contributed by atoms with Crippen LogP contribution in [0.3, 0.4) is 0 Å². The molecule has 2 heteroatoms. The average molecular weight is 300 g/mol. The van der Waals surface area contributed by atoms with Gasteiger partial charge in [0.05, 0.1) is 0 Å². The summed E-state index contributed by atoms with van der Waals surface area (Å²) < 4.78 is 0. The molecule has 0 fully saturated rings. The van der Waals surface area contributed by atoms with E-state index in [1.54, 1.807) is 22.4 Å². The maximum absolute atomic E-state index is 2.78. The van der Waals surface area contributed by atoms with E-state index < -0.39 is 8.07 Å². The second-order valence-electron chi connectivity index (χ2n) is 9.34. The third-order valence-corrected chi connectivity index (χ3v) is 10.8. The molecule has 0 aromatic heterocycles. The van der Waals surface area contributed by atoms with E-state index in [-0.39, 0.29) is 0 Å². The molecule has 0 N–H and O–H groups in total. The van der Waals surface area contributed by atoms with Crippen LogP contribution < -0.4 is 10.1 Å². The van der Waals surface area contributed by atoms with Crippen molar-refractivity contribution in [1.82, 2.24) is 0 Å². The van der Waals surface area contributed by atoms with Crippen molar-refractivity contribution in [3.63, 3.8) is 0 Å². The van der Waals surface area contributed by atoms with Crippen LogP contribution in [0.25, 0.3) is 0 Å². The lowest BCUT2D eigenvalue weighted by Gasteiger charge is -2.42. The highest BCUT2D eigenvalue weighted by molar-refractivity contribution is 6.94. The summed E-state index contributed by atoms with van der Waals surface area (Å²) in [5, 5.41) is 1.85. The van der Waals surface area contributed by atoms with E-state index in [2.05, 4.69) is 52.1 Å². The highest BCUT2D eigenvalue weighted by Crippen LogP contribution is 2.50. The highest BCUT2D eigenvalue weighted by Gasteiger charge is 2.52. The summed E-state index contributed by atoms with van der Waals surface area (Å²) in [6.45, 7) is 16.1. The molecule has 3 aliphatic heterocycles. The van der Waals surface area contributed by atoms with Gasteiger partial charge in [-0.05, 0) is 52.5 Å². The van der Waals surface area contributed by atoms with Gasteiger partial charge in [-0.15, -0.1) is 0 Å². The third kappa shape index (κ3) is 1.63. The lowest BCUT2D eigenvalue weighted by molar-refractivity contribution is 0.458. The number of hydrogen-bond donors (Lipinski definition) is 0. The molecule has 0 bridgehead atoms. The summed E-state index contributed by atoms with van der Waals surface area (Å²) >= 11 is 0. The van der Waals surface area contributed by atoms with E-state index in [1.165, 1.54) is 31.6 Å². The molecule has 1 aromatic carbocycles. The second kappa shape index (κ2) is 3.76.